The van der Waals surface area contributed by atoms with E-state index < -0.39 is 5.66 Å². The van der Waals surface area contributed by atoms with Crippen molar-refractivity contribution in [2.45, 2.75) is 5.66 Å². The van der Waals surface area contributed by atoms with Crippen LogP contribution in [0.1, 0.15) is 11.1 Å². The van der Waals surface area contributed by atoms with Crippen LogP contribution in [-0.4, -0.2) is 0 Å². The zero-order valence-corrected chi connectivity index (χ0v) is 13.9. The number of rotatable bonds is 3. The van der Waals surface area contributed by atoms with Gasteiger partial charge in [0.15, 0.2) is 0 Å². The zero-order valence-electron chi connectivity index (χ0n) is 13.9. The molecule has 122 valence electrons. The van der Waals surface area contributed by atoms with Gasteiger partial charge in [0, 0.05) is 0 Å². The SMILES string of the molecule is NC(N)(c1ccccc1)c1ccc(-c2cccc3ccccc23)cc1. The summed E-state index contributed by atoms with van der Waals surface area (Å²) < 4.78 is 0. The van der Waals surface area contributed by atoms with E-state index in [1.807, 2.05) is 42.5 Å². The average Bonchev–Trinajstić information content (AvgIpc) is 2.68. The Hall–Kier alpha value is -2.94. The van der Waals surface area contributed by atoms with Crippen molar-refractivity contribution in [3.63, 3.8) is 0 Å². The summed E-state index contributed by atoms with van der Waals surface area (Å²) in [4.78, 5) is 0. The van der Waals surface area contributed by atoms with Gasteiger partial charge in [0.25, 0.3) is 0 Å². The van der Waals surface area contributed by atoms with Gasteiger partial charge in [-0.15, -0.1) is 0 Å². The Bertz CT molecular complexity index is 998. The third-order valence-electron chi connectivity index (χ3n) is 4.71. The van der Waals surface area contributed by atoms with Gasteiger partial charge in [-0.3, -0.25) is 0 Å². The molecule has 0 fully saturated rings. The van der Waals surface area contributed by atoms with Crippen molar-refractivity contribution >= 4 is 10.8 Å². The van der Waals surface area contributed by atoms with Crippen LogP contribution in [0.3, 0.4) is 0 Å². The first-order chi connectivity index (χ1) is 12.2. The van der Waals surface area contributed by atoms with Gasteiger partial charge in [-0.2, -0.15) is 0 Å². The van der Waals surface area contributed by atoms with Crippen molar-refractivity contribution in [2.24, 2.45) is 11.5 Å². The molecule has 0 saturated heterocycles. The Morgan fingerprint density at radius 1 is 0.520 bits per heavy atom. The fraction of sp³-hybridized carbons (Fsp3) is 0.0435. The molecule has 0 heterocycles. The number of benzene rings is 4. The molecule has 25 heavy (non-hydrogen) atoms. The highest BCUT2D eigenvalue weighted by molar-refractivity contribution is 5.96. The Morgan fingerprint density at radius 3 is 1.88 bits per heavy atom. The van der Waals surface area contributed by atoms with E-state index in [4.69, 9.17) is 11.5 Å². The molecule has 0 saturated carbocycles. The summed E-state index contributed by atoms with van der Waals surface area (Å²) in [5, 5.41) is 2.48. The van der Waals surface area contributed by atoms with Crippen molar-refractivity contribution in [3.05, 3.63) is 108 Å². The second-order valence-corrected chi connectivity index (χ2v) is 6.34. The van der Waals surface area contributed by atoms with E-state index in [1.165, 1.54) is 16.3 Å². The molecule has 2 heteroatoms. The van der Waals surface area contributed by atoms with Crippen molar-refractivity contribution in [1.29, 1.82) is 0 Å². The lowest BCUT2D eigenvalue weighted by atomic mass is 9.91. The second kappa shape index (κ2) is 6.17. The molecule has 4 N–H and O–H groups in total. The van der Waals surface area contributed by atoms with Crippen LogP contribution < -0.4 is 11.5 Å². The minimum atomic E-state index is -1.00. The molecule has 4 aromatic carbocycles. The fourth-order valence-corrected chi connectivity index (χ4v) is 3.28. The quantitative estimate of drug-likeness (QED) is 0.540. The van der Waals surface area contributed by atoms with Gasteiger partial charge in [0.05, 0.1) is 0 Å². The lowest BCUT2D eigenvalue weighted by Gasteiger charge is -2.26. The summed E-state index contributed by atoms with van der Waals surface area (Å²) in [5.41, 5.74) is 16.0. The summed E-state index contributed by atoms with van der Waals surface area (Å²) in [6.07, 6.45) is 0. The van der Waals surface area contributed by atoms with Gasteiger partial charge in [-0.25, -0.2) is 0 Å². The molecule has 0 amide bonds. The Labute approximate surface area is 147 Å². The first-order valence-electron chi connectivity index (χ1n) is 8.38. The maximum Gasteiger partial charge on any atom is 0.116 e. The van der Waals surface area contributed by atoms with Crippen molar-refractivity contribution < 1.29 is 0 Å². The minimum absolute atomic E-state index is 0.891. The maximum atomic E-state index is 6.42. The Balaban J connectivity index is 1.75. The monoisotopic (exact) mass is 324 g/mol. The van der Waals surface area contributed by atoms with Gasteiger partial charge in [0.2, 0.25) is 0 Å². The molecule has 0 spiro atoms. The van der Waals surface area contributed by atoms with Gasteiger partial charge >= 0.3 is 0 Å². The molecule has 0 aliphatic rings. The van der Waals surface area contributed by atoms with Crippen molar-refractivity contribution in [3.8, 4) is 11.1 Å². The third kappa shape index (κ3) is 2.82. The van der Waals surface area contributed by atoms with Gasteiger partial charge in [-0.05, 0) is 33.0 Å². The van der Waals surface area contributed by atoms with Crippen LogP contribution in [0.15, 0.2) is 97.1 Å². The molecular formula is C23H20N2. The summed E-state index contributed by atoms with van der Waals surface area (Å²) in [7, 11) is 0. The van der Waals surface area contributed by atoms with E-state index in [9.17, 15) is 0 Å². The third-order valence-corrected chi connectivity index (χ3v) is 4.71. The molecule has 0 aliphatic carbocycles. The number of hydrogen-bond donors (Lipinski definition) is 2. The summed E-state index contributed by atoms with van der Waals surface area (Å²) in [5.74, 6) is 0. The standard InChI is InChI=1S/C23H20N2/c24-23(25,19-9-2-1-3-10-19)20-15-13-18(14-16-20)22-12-6-8-17-7-4-5-11-21(17)22/h1-16H,24-25H2. The highest BCUT2D eigenvalue weighted by Gasteiger charge is 2.24. The molecule has 4 aromatic rings. The van der Waals surface area contributed by atoms with E-state index in [1.54, 1.807) is 0 Å². The Kier molecular flexibility index (Phi) is 3.85. The van der Waals surface area contributed by atoms with Crippen LogP contribution >= 0.6 is 0 Å². The number of nitrogens with two attached hydrogens (primary N) is 2. The summed E-state index contributed by atoms with van der Waals surface area (Å²) in [6, 6.07) is 32.8. The van der Waals surface area contributed by atoms with Crippen LogP contribution in [0.5, 0.6) is 0 Å². The normalized spacial score (nSPS) is 11.6. The van der Waals surface area contributed by atoms with E-state index >= 15 is 0 Å². The molecule has 0 aromatic heterocycles. The molecule has 0 atom stereocenters. The molecule has 0 radical (unpaired) electrons. The van der Waals surface area contributed by atoms with Crippen molar-refractivity contribution in [2.75, 3.05) is 0 Å². The molecule has 0 unspecified atom stereocenters. The highest BCUT2D eigenvalue weighted by atomic mass is 15.0. The topological polar surface area (TPSA) is 52.0 Å². The zero-order chi connectivity index (χ0) is 17.3. The highest BCUT2D eigenvalue weighted by Crippen LogP contribution is 2.30. The van der Waals surface area contributed by atoms with E-state index in [2.05, 4.69) is 54.6 Å². The van der Waals surface area contributed by atoms with Crippen LogP contribution in [0, 0.1) is 0 Å². The summed E-state index contributed by atoms with van der Waals surface area (Å²) >= 11 is 0. The minimum Gasteiger partial charge on any atom is -0.306 e. The first-order valence-corrected chi connectivity index (χ1v) is 8.38. The smallest absolute Gasteiger partial charge is 0.116 e. The van der Waals surface area contributed by atoms with Gasteiger partial charge in [-0.1, -0.05) is 97.1 Å². The number of hydrogen-bond acceptors (Lipinski definition) is 2. The van der Waals surface area contributed by atoms with Crippen LogP contribution in [0.25, 0.3) is 21.9 Å². The molecule has 4 rings (SSSR count). The fourth-order valence-electron chi connectivity index (χ4n) is 3.28. The van der Waals surface area contributed by atoms with Gasteiger partial charge < -0.3 is 11.5 Å². The maximum absolute atomic E-state index is 6.42. The predicted octanol–water partition coefficient (Wildman–Crippen LogP) is 4.63. The van der Waals surface area contributed by atoms with Gasteiger partial charge in [0.1, 0.15) is 5.66 Å². The number of fused-ring (bicyclic) bond motifs is 1. The average molecular weight is 324 g/mol. The van der Waals surface area contributed by atoms with E-state index in [0.717, 1.165) is 16.7 Å². The second-order valence-electron chi connectivity index (χ2n) is 6.34. The van der Waals surface area contributed by atoms with Crippen LogP contribution in [-0.2, 0) is 5.66 Å². The molecule has 0 bridgehead atoms. The summed E-state index contributed by atoms with van der Waals surface area (Å²) in [6.45, 7) is 0. The predicted molar refractivity (Wildman–Crippen MR) is 105 cm³/mol. The lowest BCUT2D eigenvalue weighted by molar-refractivity contribution is 0.568. The van der Waals surface area contributed by atoms with Crippen molar-refractivity contribution in [1.82, 2.24) is 0 Å². The lowest BCUT2D eigenvalue weighted by Crippen LogP contribution is -2.47. The largest absolute Gasteiger partial charge is 0.306 e. The Morgan fingerprint density at radius 2 is 1.12 bits per heavy atom. The van der Waals surface area contributed by atoms with Crippen LogP contribution in [0.4, 0.5) is 0 Å². The first kappa shape index (κ1) is 15.6. The molecule has 2 nitrogen and oxygen atoms in total. The van der Waals surface area contributed by atoms with Crippen LogP contribution in [0.2, 0.25) is 0 Å². The molecular weight excluding hydrogens is 304 g/mol. The molecule has 0 aliphatic heterocycles. The van der Waals surface area contributed by atoms with E-state index in [0.29, 0.717) is 0 Å². The van der Waals surface area contributed by atoms with E-state index in [-0.39, 0.29) is 0 Å².